The predicted molar refractivity (Wildman–Crippen MR) is 111 cm³/mol. The van der Waals surface area contributed by atoms with Crippen molar-refractivity contribution in [1.82, 2.24) is 9.88 Å². The Morgan fingerprint density at radius 3 is 2.80 bits per heavy atom. The number of likely N-dealkylation sites (tertiary alicyclic amines) is 1. The maximum Gasteiger partial charge on any atom is 0.260 e. The van der Waals surface area contributed by atoms with Gasteiger partial charge in [-0.25, -0.2) is 4.39 Å². The lowest BCUT2D eigenvalue weighted by Crippen LogP contribution is -2.42. The van der Waals surface area contributed by atoms with Gasteiger partial charge in [0.15, 0.2) is 6.61 Å². The fraction of sp³-hybridized carbons (Fsp3) is 0.261. The van der Waals surface area contributed by atoms with E-state index in [0.717, 1.165) is 23.7 Å². The summed E-state index contributed by atoms with van der Waals surface area (Å²) in [6.07, 6.45) is 1.59. The lowest BCUT2D eigenvalue weighted by molar-refractivity contribution is -0.134. The molecule has 0 aliphatic carbocycles. The summed E-state index contributed by atoms with van der Waals surface area (Å²) in [6, 6.07) is 15.0. The van der Waals surface area contributed by atoms with Crippen LogP contribution in [0.25, 0.3) is 10.9 Å². The van der Waals surface area contributed by atoms with Crippen LogP contribution in [-0.4, -0.2) is 41.4 Å². The largest absolute Gasteiger partial charge is 0.484 e. The summed E-state index contributed by atoms with van der Waals surface area (Å²) >= 11 is 0. The van der Waals surface area contributed by atoms with Gasteiger partial charge in [0, 0.05) is 30.5 Å². The minimum Gasteiger partial charge on any atom is -0.484 e. The van der Waals surface area contributed by atoms with Gasteiger partial charge in [0.05, 0.1) is 16.8 Å². The van der Waals surface area contributed by atoms with Crippen LogP contribution in [0.4, 0.5) is 4.39 Å². The lowest BCUT2D eigenvalue weighted by atomic mass is 9.90. The second-order valence-electron chi connectivity index (χ2n) is 7.40. The van der Waals surface area contributed by atoms with Gasteiger partial charge in [0.25, 0.3) is 11.8 Å². The predicted octanol–water partition coefficient (Wildman–Crippen LogP) is 3.26. The number of primary amides is 1. The molecule has 1 saturated heterocycles. The minimum atomic E-state index is -0.527. The highest BCUT2D eigenvalue weighted by molar-refractivity contribution is 5.97. The number of ether oxygens (including phenoxy) is 1. The number of benzene rings is 2. The van der Waals surface area contributed by atoms with Crippen LogP contribution in [-0.2, 0) is 4.79 Å². The molecular weight excluding hydrogens is 385 g/mol. The van der Waals surface area contributed by atoms with Gasteiger partial charge in [-0.3, -0.25) is 14.6 Å². The summed E-state index contributed by atoms with van der Waals surface area (Å²) < 4.78 is 18.7. The van der Waals surface area contributed by atoms with E-state index in [2.05, 4.69) is 0 Å². The second kappa shape index (κ2) is 8.49. The first kappa shape index (κ1) is 19.8. The highest BCUT2D eigenvalue weighted by Gasteiger charge is 2.29. The van der Waals surface area contributed by atoms with Gasteiger partial charge in [-0.2, -0.15) is 0 Å². The zero-order chi connectivity index (χ0) is 21.1. The molecule has 154 valence electrons. The van der Waals surface area contributed by atoms with Crippen LogP contribution >= 0.6 is 0 Å². The molecule has 1 fully saturated rings. The molecule has 7 heteroatoms. The van der Waals surface area contributed by atoms with Crippen molar-refractivity contribution < 1.29 is 18.7 Å². The molecular formula is C23H22FN3O3. The molecule has 0 bridgehead atoms. The normalized spacial score (nSPS) is 16.4. The van der Waals surface area contributed by atoms with Crippen molar-refractivity contribution in [1.29, 1.82) is 0 Å². The number of rotatable bonds is 5. The maximum atomic E-state index is 13.3. The Hall–Kier alpha value is -3.48. The fourth-order valence-electron chi connectivity index (χ4n) is 3.86. The average molecular weight is 407 g/mol. The van der Waals surface area contributed by atoms with E-state index < -0.39 is 11.7 Å². The van der Waals surface area contributed by atoms with Crippen LogP contribution in [0, 0.1) is 5.82 Å². The van der Waals surface area contributed by atoms with E-state index in [9.17, 15) is 14.0 Å². The number of aromatic nitrogens is 1. The Morgan fingerprint density at radius 2 is 2.00 bits per heavy atom. The van der Waals surface area contributed by atoms with Crippen LogP contribution in [0.3, 0.4) is 0 Å². The number of hydrogen-bond acceptors (Lipinski definition) is 4. The molecule has 1 aromatic heterocycles. The second-order valence-corrected chi connectivity index (χ2v) is 7.40. The summed E-state index contributed by atoms with van der Waals surface area (Å²) in [5.41, 5.74) is 7.43. The number of hydrogen-bond donors (Lipinski definition) is 1. The summed E-state index contributed by atoms with van der Waals surface area (Å²) in [7, 11) is 0. The van der Waals surface area contributed by atoms with Gasteiger partial charge < -0.3 is 15.4 Å². The van der Waals surface area contributed by atoms with Gasteiger partial charge in [-0.05, 0) is 37.1 Å². The molecule has 0 radical (unpaired) electrons. The number of halogens is 1. The van der Waals surface area contributed by atoms with Crippen molar-refractivity contribution in [2.24, 2.45) is 5.73 Å². The topological polar surface area (TPSA) is 85.5 Å². The molecule has 4 rings (SSSR count). The monoisotopic (exact) mass is 407 g/mol. The van der Waals surface area contributed by atoms with E-state index in [1.165, 1.54) is 18.2 Å². The highest BCUT2D eigenvalue weighted by Crippen LogP contribution is 2.30. The summed E-state index contributed by atoms with van der Waals surface area (Å²) in [4.78, 5) is 31.1. The Morgan fingerprint density at radius 1 is 1.17 bits per heavy atom. The molecule has 2 amide bonds. The number of piperidine rings is 1. The number of carbonyl (C=O) groups excluding carboxylic acids is 2. The van der Waals surface area contributed by atoms with Crippen molar-refractivity contribution in [3.05, 3.63) is 71.7 Å². The van der Waals surface area contributed by atoms with Gasteiger partial charge >= 0.3 is 0 Å². The van der Waals surface area contributed by atoms with Crippen molar-refractivity contribution in [2.75, 3.05) is 19.7 Å². The molecule has 0 spiro atoms. The number of para-hydroxylation sites is 1. The Kier molecular flexibility index (Phi) is 5.61. The van der Waals surface area contributed by atoms with Crippen molar-refractivity contribution >= 4 is 22.7 Å². The molecule has 1 aliphatic rings. The first-order valence-corrected chi connectivity index (χ1v) is 9.87. The van der Waals surface area contributed by atoms with Crippen LogP contribution in [0.2, 0.25) is 0 Å². The third-order valence-corrected chi connectivity index (χ3v) is 5.34. The number of carbonyl (C=O) groups is 2. The first-order valence-electron chi connectivity index (χ1n) is 9.87. The third-order valence-electron chi connectivity index (χ3n) is 5.34. The molecule has 2 heterocycles. The highest BCUT2D eigenvalue weighted by atomic mass is 19.1. The van der Waals surface area contributed by atoms with Gasteiger partial charge in [-0.1, -0.05) is 24.3 Å². The molecule has 0 saturated carbocycles. The molecule has 1 unspecified atom stereocenters. The number of amides is 2. The van der Waals surface area contributed by atoms with Gasteiger partial charge in [0.2, 0.25) is 0 Å². The lowest BCUT2D eigenvalue weighted by Gasteiger charge is -2.33. The number of fused-ring (bicyclic) bond motifs is 1. The number of nitrogens with two attached hydrogens (primary N) is 1. The molecule has 1 aliphatic heterocycles. The minimum absolute atomic E-state index is 0.0935. The molecule has 1 atom stereocenters. The first-order chi connectivity index (χ1) is 14.5. The van der Waals surface area contributed by atoms with E-state index >= 15 is 0 Å². The van der Waals surface area contributed by atoms with Crippen LogP contribution in [0.1, 0.15) is 34.8 Å². The van der Waals surface area contributed by atoms with E-state index in [1.807, 2.05) is 24.3 Å². The van der Waals surface area contributed by atoms with Crippen LogP contribution in [0.5, 0.6) is 5.75 Å². The fourth-order valence-corrected chi connectivity index (χ4v) is 3.86. The van der Waals surface area contributed by atoms with Gasteiger partial charge in [0.1, 0.15) is 11.6 Å². The molecule has 3 aromatic rings. The van der Waals surface area contributed by atoms with E-state index in [-0.39, 0.29) is 18.4 Å². The standard InChI is InChI=1S/C23H22FN3O3/c24-17-7-3-8-18(12-17)30-14-21(28)27-10-4-6-16(13-27)22-19(23(25)29)11-15-5-1-2-9-20(15)26-22/h1-3,5,7-9,11-12,16H,4,6,10,13-14H2,(H2,25,29). The number of pyridine rings is 1. The molecule has 30 heavy (non-hydrogen) atoms. The third kappa shape index (κ3) is 4.25. The van der Waals surface area contributed by atoms with E-state index in [1.54, 1.807) is 17.0 Å². The Labute approximate surface area is 173 Å². The molecule has 2 aromatic carbocycles. The van der Waals surface area contributed by atoms with Crippen LogP contribution < -0.4 is 10.5 Å². The zero-order valence-corrected chi connectivity index (χ0v) is 16.4. The SMILES string of the molecule is NC(=O)c1cc2ccccc2nc1C1CCCN(C(=O)COc2cccc(F)c2)C1. The summed E-state index contributed by atoms with van der Waals surface area (Å²) in [5.74, 6) is -0.918. The maximum absolute atomic E-state index is 13.3. The van der Waals surface area contributed by atoms with E-state index in [4.69, 9.17) is 15.5 Å². The molecule has 2 N–H and O–H groups in total. The van der Waals surface area contributed by atoms with Crippen molar-refractivity contribution in [3.63, 3.8) is 0 Å². The Balaban J connectivity index is 1.51. The number of nitrogens with zero attached hydrogens (tertiary/aromatic N) is 2. The smallest absolute Gasteiger partial charge is 0.260 e. The summed E-state index contributed by atoms with van der Waals surface area (Å²) in [5, 5.41) is 0.849. The quantitative estimate of drug-likeness (QED) is 0.704. The van der Waals surface area contributed by atoms with Crippen molar-refractivity contribution in [3.8, 4) is 5.75 Å². The van der Waals surface area contributed by atoms with E-state index in [0.29, 0.717) is 30.1 Å². The van der Waals surface area contributed by atoms with Crippen molar-refractivity contribution in [2.45, 2.75) is 18.8 Å². The molecule has 6 nitrogen and oxygen atoms in total. The van der Waals surface area contributed by atoms with Gasteiger partial charge in [-0.15, -0.1) is 0 Å². The Bertz CT molecular complexity index is 1100. The van der Waals surface area contributed by atoms with Crippen LogP contribution in [0.15, 0.2) is 54.6 Å². The zero-order valence-electron chi connectivity index (χ0n) is 16.4. The summed E-state index contributed by atoms with van der Waals surface area (Å²) in [6.45, 7) is 0.849. The average Bonchev–Trinajstić information content (AvgIpc) is 2.76.